The lowest BCUT2D eigenvalue weighted by Crippen LogP contribution is -2.40. The number of carboxylic acids is 1. The van der Waals surface area contributed by atoms with E-state index in [1.54, 1.807) is 0 Å². The molecule has 21 heavy (non-hydrogen) atoms. The van der Waals surface area contributed by atoms with Crippen LogP contribution in [-0.4, -0.2) is 34.5 Å². The van der Waals surface area contributed by atoms with E-state index in [1.165, 1.54) is 16.2 Å². The van der Waals surface area contributed by atoms with Crippen molar-refractivity contribution in [2.75, 3.05) is 6.54 Å². The van der Waals surface area contributed by atoms with Crippen molar-refractivity contribution in [2.45, 2.75) is 18.9 Å². The van der Waals surface area contributed by atoms with Crippen LogP contribution in [0.3, 0.4) is 0 Å². The van der Waals surface area contributed by atoms with E-state index in [2.05, 4.69) is 0 Å². The van der Waals surface area contributed by atoms with Gasteiger partial charge in [-0.25, -0.2) is 4.79 Å². The van der Waals surface area contributed by atoms with E-state index in [-0.39, 0.29) is 5.91 Å². The Balaban J connectivity index is 1.93. The van der Waals surface area contributed by atoms with E-state index >= 15 is 0 Å². The summed E-state index contributed by atoms with van der Waals surface area (Å²) < 4.78 is 0. The van der Waals surface area contributed by atoms with Gasteiger partial charge in [0.25, 0.3) is 5.91 Å². The summed E-state index contributed by atoms with van der Waals surface area (Å²) in [5, 5.41) is 11.1. The topological polar surface area (TPSA) is 57.6 Å². The molecule has 1 fully saturated rings. The minimum Gasteiger partial charge on any atom is -0.480 e. The summed E-state index contributed by atoms with van der Waals surface area (Å²) in [6.07, 6.45) is 1.28. The van der Waals surface area contributed by atoms with Gasteiger partial charge in [-0.1, -0.05) is 30.3 Å². The SMILES string of the molecule is O=C(O)[C@H]1CCCN1C(=O)c1sccc1-c1ccccc1. The predicted molar refractivity (Wildman–Crippen MR) is 81.4 cm³/mol. The van der Waals surface area contributed by atoms with Gasteiger partial charge in [0, 0.05) is 12.1 Å². The molecule has 1 N–H and O–H groups in total. The van der Waals surface area contributed by atoms with Gasteiger partial charge in [-0.2, -0.15) is 0 Å². The van der Waals surface area contributed by atoms with Crippen molar-refractivity contribution >= 4 is 23.2 Å². The maximum atomic E-state index is 12.7. The lowest BCUT2D eigenvalue weighted by atomic mass is 10.1. The molecule has 1 saturated heterocycles. The number of amides is 1. The number of carbonyl (C=O) groups is 2. The van der Waals surface area contributed by atoms with Crippen LogP contribution in [0.2, 0.25) is 0 Å². The highest BCUT2D eigenvalue weighted by Crippen LogP contribution is 2.31. The molecular formula is C16H15NO3S. The summed E-state index contributed by atoms with van der Waals surface area (Å²) >= 11 is 1.37. The van der Waals surface area contributed by atoms with Gasteiger partial charge in [-0.05, 0) is 29.9 Å². The zero-order chi connectivity index (χ0) is 14.8. The number of nitrogens with zero attached hydrogens (tertiary/aromatic N) is 1. The molecule has 1 atom stereocenters. The number of hydrogen-bond donors (Lipinski definition) is 1. The molecular weight excluding hydrogens is 286 g/mol. The first-order chi connectivity index (χ1) is 10.2. The van der Waals surface area contributed by atoms with Crippen molar-refractivity contribution in [3.63, 3.8) is 0 Å². The Kier molecular flexibility index (Phi) is 3.75. The van der Waals surface area contributed by atoms with Crippen LogP contribution in [0.5, 0.6) is 0 Å². The summed E-state index contributed by atoms with van der Waals surface area (Å²) in [4.78, 5) is 26.0. The third-order valence-electron chi connectivity index (χ3n) is 3.74. The van der Waals surface area contributed by atoms with E-state index in [1.807, 2.05) is 41.8 Å². The molecule has 0 aliphatic carbocycles. The van der Waals surface area contributed by atoms with Gasteiger partial charge in [0.15, 0.2) is 0 Å². The molecule has 1 aromatic heterocycles. The van der Waals surface area contributed by atoms with Crippen molar-refractivity contribution in [2.24, 2.45) is 0 Å². The summed E-state index contributed by atoms with van der Waals surface area (Å²) in [5.74, 6) is -1.09. The average molecular weight is 301 g/mol. The Hall–Kier alpha value is -2.14. The summed E-state index contributed by atoms with van der Waals surface area (Å²) in [5.41, 5.74) is 1.86. The third-order valence-corrected chi connectivity index (χ3v) is 4.65. The van der Waals surface area contributed by atoms with Crippen LogP contribution in [0.25, 0.3) is 11.1 Å². The molecule has 2 aromatic rings. The van der Waals surface area contributed by atoms with E-state index < -0.39 is 12.0 Å². The number of hydrogen-bond acceptors (Lipinski definition) is 3. The lowest BCUT2D eigenvalue weighted by Gasteiger charge is -2.21. The molecule has 0 bridgehead atoms. The monoisotopic (exact) mass is 301 g/mol. The van der Waals surface area contributed by atoms with Crippen LogP contribution in [0.1, 0.15) is 22.5 Å². The first-order valence-electron chi connectivity index (χ1n) is 6.85. The number of aliphatic carboxylic acids is 1. The minimum absolute atomic E-state index is 0.172. The second-order valence-electron chi connectivity index (χ2n) is 5.02. The average Bonchev–Trinajstić information content (AvgIpc) is 3.16. The smallest absolute Gasteiger partial charge is 0.326 e. The minimum atomic E-state index is -0.918. The standard InChI is InChI=1S/C16H15NO3S/c18-15(17-9-4-7-13(17)16(19)20)14-12(8-10-21-14)11-5-2-1-3-6-11/h1-3,5-6,8,10,13H,4,7,9H2,(H,19,20)/t13-/m1/s1. The van der Waals surface area contributed by atoms with Crippen LogP contribution in [0.15, 0.2) is 41.8 Å². The van der Waals surface area contributed by atoms with Gasteiger partial charge < -0.3 is 10.0 Å². The lowest BCUT2D eigenvalue weighted by molar-refractivity contribution is -0.141. The molecule has 1 amide bonds. The van der Waals surface area contributed by atoms with Crippen molar-refractivity contribution in [3.05, 3.63) is 46.7 Å². The molecule has 5 heteroatoms. The Labute approximate surface area is 126 Å². The second kappa shape index (κ2) is 5.69. The van der Waals surface area contributed by atoms with Gasteiger partial charge in [0.1, 0.15) is 6.04 Å². The van der Waals surface area contributed by atoms with Crippen LogP contribution < -0.4 is 0 Å². The number of thiophene rings is 1. The number of likely N-dealkylation sites (tertiary alicyclic amines) is 1. The molecule has 0 saturated carbocycles. The van der Waals surface area contributed by atoms with Gasteiger partial charge in [-0.3, -0.25) is 4.79 Å². The fourth-order valence-corrected chi connectivity index (χ4v) is 3.59. The largest absolute Gasteiger partial charge is 0.480 e. The van der Waals surface area contributed by atoms with E-state index in [0.29, 0.717) is 17.8 Å². The maximum absolute atomic E-state index is 12.7. The first-order valence-corrected chi connectivity index (χ1v) is 7.73. The first kappa shape index (κ1) is 13.8. The quantitative estimate of drug-likeness (QED) is 0.947. The van der Waals surface area contributed by atoms with E-state index in [4.69, 9.17) is 0 Å². The maximum Gasteiger partial charge on any atom is 0.326 e. The zero-order valence-electron chi connectivity index (χ0n) is 11.4. The highest BCUT2D eigenvalue weighted by Gasteiger charge is 2.35. The second-order valence-corrected chi connectivity index (χ2v) is 5.94. The molecule has 1 aromatic carbocycles. The van der Waals surface area contributed by atoms with Crippen LogP contribution in [-0.2, 0) is 4.79 Å². The molecule has 3 rings (SSSR count). The molecule has 1 aliphatic heterocycles. The molecule has 0 unspecified atom stereocenters. The highest BCUT2D eigenvalue weighted by atomic mass is 32.1. The van der Waals surface area contributed by atoms with Crippen molar-refractivity contribution in [1.29, 1.82) is 0 Å². The Bertz CT molecular complexity index is 665. The van der Waals surface area contributed by atoms with E-state index in [9.17, 15) is 14.7 Å². The number of rotatable bonds is 3. The van der Waals surface area contributed by atoms with E-state index in [0.717, 1.165) is 17.5 Å². The van der Waals surface area contributed by atoms with Crippen LogP contribution in [0.4, 0.5) is 0 Å². The highest BCUT2D eigenvalue weighted by molar-refractivity contribution is 7.12. The summed E-state index contributed by atoms with van der Waals surface area (Å²) in [7, 11) is 0. The number of carbonyl (C=O) groups excluding carboxylic acids is 1. The third kappa shape index (κ3) is 2.56. The van der Waals surface area contributed by atoms with Gasteiger partial charge in [0.05, 0.1) is 4.88 Å². The molecule has 2 heterocycles. The number of carboxylic acid groups (broad SMARTS) is 1. The Morgan fingerprint density at radius 1 is 1.19 bits per heavy atom. The van der Waals surface area contributed by atoms with Crippen molar-refractivity contribution in [1.82, 2.24) is 4.90 Å². The van der Waals surface area contributed by atoms with Crippen LogP contribution >= 0.6 is 11.3 Å². The Morgan fingerprint density at radius 2 is 1.95 bits per heavy atom. The Morgan fingerprint density at radius 3 is 2.67 bits per heavy atom. The van der Waals surface area contributed by atoms with Gasteiger partial charge in [0.2, 0.25) is 0 Å². The number of benzene rings is 1. The normalized spacial score (nSPS) is 17.9. The predicted octanol–water partition coefficient (Wildman–Crippen LogP) is 3.10. The zero-order valence-corrected chi connectivity index (χ0v) is 12.2. The fourth-order valence-electron chi connectivity index (χ4n) is 2.72. The van der Waals surface area contributed by atoms with Crippen molar-refractivity contribution in [3.8, 4) is 11.1 Å². The summed E-state index contributed by atoms with van der Waals surface area (Å²) in [6.45, 7) is 0.516. The van der Waals surface area contributed by atoms with Crippen LogP contribution in [0, 0.1) is 0 Å². The summed E-state index contributed by atoms with van der Waals surface area (Å²) in [6, 6.07) is 10.9. The molecule has 108 valence electrons. The fraction of sp³-hybridized carbons (Fsp3) is 0.250. The van der Waals surface area contributed by atoms with Gasteiger partial charge in [-0.15, -0.1) is 11.3 Å². The molecule has 4 nitrogen and oxygen atoms in total. The molecule has 0 radical (unpaired) electrons. The molecule has 0 spiro atoms. The molecule has 1 aliphatic rings. The van der Waals surface area contributed by atoms with Gasteiger partial charge >= 0.3 is 5.97 Å². The van der Waals surface area contributed by atoms with Crippen molar-refractivity contribution < 1.29 is 14.7 Å².